The normalized spacial score (nSPS) is 33.1. The number of hydrogen-bond acceptors (Lipinski definition) is 18. The van der Waals surface area contributed by atoms with E-state index in [4.69, 9.17) is 28.4 Å². The lowest BCUT2D eigenvalue weighted by Crippen LogP contribution is -2.66. The van der Waals surface area contributed by atoms with Crippen molar-refractivity contribution >= 4 is 5.91 Å². The standard InChI is InChI=1S/C51H87NO18/c1-3-5-7-9-11-12-13-14-15-16-17-18-19-20-21-22-23-25-27-29-39(57)52-34(35(56)28-26-24-10-8-6-4-2)33-65-49-45(63)42(60)47(37(31-54)67-49)70-51-46(64)43(61)48(38(32-55)68-51)69-50-44(62)41(59)40(58)36(30-53)66-50/h5,7,11-12,14-15,17-18,26,28,34-38,40-51,53-56,58-64H,3-4,6,8-10,13,16,19-25,27,29-33H2,1-2H3,(H,52,57)/b7-5-,12-11-,15-14-,18-17-,28-26+. The van der Waals surface area contributed by atoms with Crippen molar-refractivity contribution in [3.05, 3.63) is 60.8 Å². The number of carbonyl (C=O) groups is 1. The van der Waals surface area contributed by atoms with Crippen molar-refractivity contribution in [2.24, 2.45) is 0 Å². The number of amides is 1. The molecule has 3 aliphatic heterocycles. The van der Waals surface area contributed by atoms with Gasteiger partial charge in [0.2, 0.25) is 5.91 Å². The first-order chi connectivity index (χ1) is 33.8. The minimum Gasteiger partial charge on any atom is -0.394 e. The molecule has 17 atom stereocenters. The minimum atomic E-state index is -1.98. The highest BCUT2D eigenvalue weighted by Gasteiger charge is 2.53. The number of carbonyl (C=O) groups excluding carboxylic acids is 1. The Morgan fingerprint density at radius 2 is 0.986 bits per heavy atom. The molecule has 0 aromatic heterocycles. The number of aliphatic hydroxyl groups is 11. The van der Waals surface area contributed by atoms with E-state index in [9.17, 15) is 61.0 Å². The summed E-state index contributed by atoms with van der Waals surface area (Å²) < 4.78 is 34.0. The fraction of sp³-hybridized carbons (Fsp3) is 0.784. The summed E-state index contributed by atoms with van der Waals surface area (Å²) in [6.45, 7) is 1.45. The van der Waals surface area contributed by atoms with Gasteiger partial charge in [0.05, 0.1) is 38.6 Å². The Kier molecular flexibility index (Phi) is 31.4. The third kappa shape index (κ3) is 21.1. The summed E-state index contributed by atoms with van der Waals surface area (Å²) in [4.78, 5) is 13.2. The molecule has 19 heteroatoms. The molecule has 3 heterocycles. The Labute approximate surface area is 414 Å². The highest BCUT2D eigenvalue weighted by molar-refractivity contribution is 5.76. The largest absolute Gasteiger partial charge is 0.394 e. The maximum absolute atomic E-state index is 13.2. The molecule has 3 aliphatic rings. The maximum atomic E-state index is 13.2. The first-order valence-electron chi connectivity index (χ1n) is 25.5. The molecule has 17 unspecified atom stereocenters. The first-order valence-corrected chi connectivity index (χ1v) is 25.5. The molecule has 404 valence electrons. The van der Waals surface area contributed by atoms with Gasteiger partial charge in [-0.1, -0.05) is 120 Å². The van der Waals surface area contributed by atoms with Gasteiger partial charge in [-0.15, -0.1) is 0 Å². The van der Waals surface area contributed by atoms with Crippen LogP contribution in [0.2, 0.25) is 0 Å². The van der Waals surface area contributed by atoms with Crippen LogP contribution in [0.5, 0.6) is 0 Å². The number of ether oxygens (including phenoxy) is 6. The van der Waals surface area contributed by atoms with E-state index in [2.05, 4.69) is 67.8 Å². The number of nitrogens with one attached hydrogen (secondary N) is 1. The second kappa shape index (κ2) is 35.6. The molecule has 12 N–H and O–H groups in total. The lowest BCUT2D eigenvalue weighted by molar-refractivity contribution is -0.379. The number of allylic oxidation sites excluding steroid dienone is 9. The van der Waals surface area contributed by atoms with Crippen LogP contribution in [0.25, 0.3) is 0 Å². The predicted molar refractivity (Wildman–Crippen MR) is 258 cm³/mol. The number of hydrogen-bond donors (Lipinski definition) is 12. The Morgan fingerprint density at radius 1 is 0.529 bits per heavy atom. The zero-order chi connectivity index (χ0) is 51.3. The second-order valence-electron chi connectivity index (χ2n) is 18.2. The van der Waals surface area contributed by atoms with Crippen molar-refractivity contribution in [3.63, 3.8) is 0 Å². The van der Waals surface area contributed by atoms with Crippen LogP contribution in [0.1, 0.15) is 123 Å². The molecular weight excluding hydrogens is 915 g/mol. The molecule has 0 bridgehead atoms. The van der Waals surface area contributed by atoms with E-state index in [1.54, 1.807) is 6.08 Å². The summed E-state index contributed by atoms with van der Waals surface area (Å²) in [5, 5.41) is 119. The lowest BCUT2D eigenvalue weighted by atomic mass is 9.96. The SMILES string of the molecule is CC/C=C\C/C=C\C/C=C\C/C=C\CCCCCCCCC(=O)NC(COC1OC(CO)C(OC2OC(CO)C(OC3OC(CO)C(O)C(O)C3O)C(O)C2O)C(O)C1O)C(O)/C=C/CCCCCC. The summed E-state index contributed by atoms with van der Waals surface area (Å²) in [5.41, 5.74) is 0. The second-order valence-corrected chi connectivity index (χ2v) is 18.2. The first kappa shape index (κ1) is 61.8. The van der Waals surface area contributed by atoms with Crippen LogP contribution in [0, 0.1) is 0 Å². The van der Waals surface area contributed by atoms with E-state index < -0.39 is 124 Å². The van der Waals surface area contributed by atoms with Gasteiger partial charge in [-0.25, -0.2) is 0 Å². The van der Waals surface area contributed by atoms with Gasteiger partial charge < -0.3 is 89.9 Å². The Morgan fingerprint density at radius 3 is 1.54 bits per heavy atom. The summed E-state index contributed by atoms with van der Waals surface area (Å²) in [6, 6.07) is -0.979. The van der Waals surface area contributed by atoms with Gasteiger partial charge >= 0.3 is 0 Å². The van der Waals surface area contributed by atoms with Gasteiger partial charge in [0.25, 0.3) is 0 Å². The van der Waals surface area contributed by atoms with Crippen molar-refractivity contribution < 1.29 is 89.4 Å². The van der Waals surface area contributed by atoms with Crippen molar-refractivity contribution in [2.45, 2.75) is 227 Å². The number of unbranched alkanes of at least 4 members (excludes halogenated alkanes) is 10. The maximum Gasteiger partial charge on any atom is 0.220 e. The van der Waals surface area contributed by atoms with Crippen LogP contribution in [0.15, 0.2) is 60.8 Å². The van der Waals surface area contributed by atoms with Crippen LogP contribution < -0.4 is 5.32 Å². The van der Waals surface area contributed by atoms with Gasteiger partial charge in [-0.3, -0.25) is 4.79 Å². The third-order valence-corrected chi connectivity index (χ3v) is 12.6. The molecule has 19 nitrogen and oxygen atoms in total. The van der Waals surface area contributed by atoms with E-state index in [1.807, 2.05) is 6.08 Å². The molecule has 0 radical (unpaired) electrons. The fourth-order valence-corrected chi connectivity index (χ4v) is 8.30. The lowest BCUT2D eigenvalue weighted by Gasteiger charge is -2.48. The van der Waals surface area contributed by atoms with Gasteiger partial charge in [0.1, 0.15) is 73.2 Å². The van der Waals surface area contributed by atoms with Crippen molar-refractivity contribution in [1.29, 1.82) is 0 Å². The molecule has 1 amide bonds. The molecule has 3 saturated heterocycles. The van der Waals surface area contributed by atoms with E-state index in [1.165, 1.54) is 0 Å². The summed E-state index contributed by atoms with van der Waals surface area (Å²) in [5.74, 6) is -0.301. The monoisotopic (exact) mass is 1000 g/mol. The zero-order valence-corrected chi connectivity index (χ0v) is 41.2. The molecule has 3 rings (SSSR count). The highest BCUT2D eigenvalue weighted by atomic mass is 16.8. The summed E-state index contributed by atoms with van der Waals surface area (Å²) >= 11 is 0. The van der Waals surface area contributed by atoms with Crippen LogP contribution >= 0.6 is 0 Å². The van der Waals surface area contributed by atoms with Crippen LogP contribution in [0.3, 0.4) is 0 Å². The van der Waals surface area contributed by atoms with E-state index in [0.717, 1.165) is 96.3 Å². The Balaban J connectivity index is 1.50. The van der Waals surface area contributed by atoms with Crippen LogP contribution in [-0.4, -0.2) is 193 Å². The van der Waals surface area contributed by atoms with Crippen LogP contribution in [0.4, 0.5) is 0 Å². The predicted octanol–water partition coefficient (Wildman–Crippen LogP) is 1.75. The van der Waals surface area contributed by atoms with Gasteiger partial charge in [-0.05, 0) is 57.8 Å². The van der Waals surface area contributed by atoms with Gasteiger partial charge in [0.15, 0.2) is 18.9 Å². The van der Waals surface area contributed by atoms with Gasteiger partial charge in [-0.2, -0.15) is 0 Å². The zero-order valence-electron chi connectivity index (χ0n) is 41.2. The van der Waals surface area contributed by atoms with Gasteiger partial charge in [0, 0.05) is 6.42 Å². The minimum absolute atomic E-state index is 0.223. The van der Waals surface area contributed by atoms with Crippen molar-refractivity contribution in [3.8, 4) is 0 Å². The topological polar surface area (TPSA) is 307 Å². The Hall–Kier alpha value is -2.51. The summed E-state index contributed by atoms with van der Waals surface area (Å²) in [7, 11) is 0. The van der Waals surface area contributed by atoms with E-state index in [0.29, 0.717) is 6.42 Å². The molecular formula is C51H87NO18. The molecule has 0 aliphatic carbocycles. The molecule has 0 saturated carbocycles. The Bertz CT molecular complexity index is 1530. The molecule has 70 heavy (non-hydrogen) atoms. The molecule has 0 aromatic rings. The molecule has 0 aromatic carbocycles. The summed E-state index contributed by atoms with van der Waals surface area (Å²) in [6.07, 6.45) is 9.86. The molecule has 3 fully saturated rings. The average Bonchev–Trinajstić information content (AvgIpc) is 3.35. The third-order valence-electron chi connectivity index (χ3n) is 12.6. The van der Waals surface area contributed by atoms with Crippen LogP contribution in [-0.2, 0) is 33.2 Å². The number of aliphatic hydroxyl groups excluding tert-OH is 11. The highest BCUT2D eigenvalue weighted by Crippen LogP contribution is 2.33. The fourth-order valence-electron chi connectivity index (χ4n) is 8.30. The van der Waals surface area contributed by atoms with Crippen molar-refractivity contribution in [1.82, 2.24) is 5.32 Å². The number of rotatable bonds is 34. The smallest absolute Gasteiger partial charge is 0.220 e. The van der Waals surface area contributed by atoms with E-state index >= 15 is 0 Å². The van der Waals surface area contributed by atoms with E-state index in [-0.39, 0.29) is 18.9 Å². The molecule has 0 spiro atoms. The van der Waals surface area contributed by atoms with Crippen molar-refractivity contribution in [2.75, 3.05) is 26.4 Å². The average molecular weight is 1000 g/mol. The quantitative estimate of drug-likeness (QED) is 0.0323.